The van der Waals surface area contributed by atoms with Gasteiger partial charge >= 0.3 is 0 Å². The van der Waals surface area contributed by atoms with Crippen LogP contribution in [0.1, 0.15) is 27.6 Å². The monoisotopic (exact) mass is 325 g/mol. The number of carbonyl (C=O) groups excluding carboxylic acids is 1. The minimum absolute atomic E-state index is 0.0284. The van der Waals surface area contributed by atoms with Crippen LogP contribution in [0, 0.1) is 6.92 Å². The molecule has 4 heterocycles. The molecule has 0 radical (unpaired) electrons. The number of aryl methyl sites for hydroxylation is 1. The molecule has 0 bridgehead atoms. The van der Waals surface area contributed by atoms with E-state index >= 15 is 0 Å². The fraction of sp³-hybridized carbons (Fsp3) is 0.353. The summed E-state index contributed by atoms with van der Waals surface area (Å²) in [6, 6.07) is 3.65. The Hall–Kier alpha value is -2.83. The highest BCUT2D eigenvalue weighted by Gasteiger charge is 2.23. The second kappa shape index (κ2) is 5.99. The Morgan fingerprint density at radius 3 is 3.00 bits per heavy atom. The van der Waals surface area contributed by atoms with Crippen molar-refractivity contribution in [2.24, 2.45) is 0 Å². The van der Waals surface area contributed by atoms with Crippen molar-refractivity contribution in [1.29, 1.82) is 0 Å². The Bertz CT molecular complexity index is 846. The second-order valence-electron chi connectivity index (χ2n) is 5.95. The van der Waals surface area contributed by atoms with Gasteiger partial charge in [0.15, 0.2) is 0 Å². The van der Waals surface area contributed by atoms with Gasteiger partial charge < -0.3 is 13.9 Å². The standard InChI is InChI=1S/C17H19N5O2/c1-13-15(4-10-24-13)17(23)20-7-3-16-18-11-14(22(16)9-8-20)12-21-6-2-5-19-21/h2,4-6,10-11H,3,7-9,12H2,1H3. The van der Waals surface area contributed by atoms with E-state index in [1.54, 1.807) is 18.5 Å². The highest BCUT2D eigenvalue weighted by molar-refractivity contribution is 5.95. The highest BCUT2D eigenvalue weighted by atomic mass is 16.3. The van der Waals surface area contributed by atoms with Crippen molar-refractivity contribution in [1.82, 2.24) is 24.2 Å². The largest absolute Gasteiger partial charge is 0.469 e. The van der Waals surface area contributed by atoms with E-state index in [2.05, 4.69) is 14.6 Å². The van der Waals surface area contributed by atoms with Crippen molar-refractivity contribution in [3.63, 3.8) is 0 Å². The summed E-state index contributed by atoms with van der Waals surface area (Å²) in [4.78, 5) is 19.1. The van der Waals surface area contributed by atoms with Gasteiger partial charge in [-0.05, 0) is 19.1 Å². The third kappa shape index (κ3) is 2.62. The lowest BCUT2D eigenvalue weighted by Gasteiger charge is -2.19. The van der Waals surface area contributed by atoms with Crippen LogP contribution in [0.3, 0.4) is 0 Å². The van der Waals surface area contributed by atoms with Crippen molar-refractivity contribution in [3.8, 4) is 0 Å². The molecule has 7 heteroatoms. The minimum atomic E-state index is 0.0284. The molecule has 0 saturated carbocycles. The molecule has 0 atom stereocenters. The molecule has 1 aliphatic rings. The van der Waals surface area contributed by atoms with E-state index < -0.39 is 0 Å². The summed E-state index contributed by atoms with van der Waals surface area (Å²) < 4.78 is 9.35. The molecule has 24 heavy (non-hydrogen) atoms. The number of furan rings is 1. The van der Waals surface area contributed by atoms with E-state index in [9.17, 15) is 4.79 Å². The summed E-state index contributed by atoms with van der Waals surface area (Å²) in [5.74, 6) is 1.72. The van der Waals surface area contributed by atoms with Gasteiger partial charge in [0.1, 0.15) is 11.6 Å². The number of rotatable bonds is 3. The summed E-state index contributed by atoms with van der Waals surface area (Å²) in [6.07, 6.45) is 7.94. The molecule has 3 aromatic rings. The Morgan fingerprint density at radius 2 is 2.25 bits per heavy atom. The number of amides is 1. The molecule has 0 spiro atoms. The van der Waals surface area contributed by atoms with Crippen molar-refractivity contribution in [3.05, 3.63) is 59.8 Å². The van der Waals surface area contributed by atoms with E-state index in [-0.39, 0.29) is 5.91 Å². The van der Waals surface area contributed by atoms with Gasteiger partial charge in [0.2, 0.25) is 0 Å². The fourth-order valence-electron chi connectivity index (χ4n) is 3.16. The number of carbonyl (C=O) groups is 1. The van der Waals surface area contributed by atoms with E-state index in [0.29, 0.717) is 31.0 Å². The van der Waals surface area contributed by atoms with E-state index in [1.807, 2.05) is 35.0 Å². The maximum Gasteiger partial charge on any atom is 0.257 e. The number of aromatic nitrogens is 4. The van der Waals surface area contributed by atoms with Crippen LogP contribution in [0.4, 0.5) is 0 Å². The molecule has 0 unspecified atom stereocenters. The second-order valence-corrected chi connectivity index (χ2v) is 5.95. The van der Waals surface area contributed by atoms with Gasteiger partial charge in [0, 0.05) is 38.4 Å². The van der Waals surface area contributed by atoms with Gasteiger partial charge in [-0.25, -0.2) is 4.98 Å². The van der Waals surface area contributed by atoms with Gasteiger partial charge in [-0.1, -0.05) is 0 Å². The summed E-state index contributed by atoms with van der Waals surface area (Å²) in [5.41, 5.74) is 1.76. The van der Waals surface area contributed by atoms with Gasteiger partial charge in [-0.15, -0.1) is 0 Å². The Kier molecular flexibility index (Phi) is 3.68. The van der Waals surface area contributed by atoms with Crippen LogP contribution in [0.15, 0.2) is 41.4 Å². The summed E-state index contributed by atoms with van der Waals surface area (Å²) in [5, 5.41) is 4.25. The number of hydrogen-bond acceptors (Lipinski definition) is 4. The van der Waals surface area contributed by atoms with Crippen molar-refractivity contribution >= 4 is 5.91 Å². The summed E-state index contributed by atoms with van der Waals surface area (Å²) in [7, 11) is 0. The van der Waals surface area contributed by atoms with Crippen LogP contribution in [-0.4, -0.2) is 43.2 Å². The van der Waals surface area contributed by atoms with Gasteiger partial charge in [0.25, 0.3) is 5.91 Å². The molecule has 124 valence electrons. The predicted molar refractivity (Wildman–Crippen MR) is 86.6 cm³/mol. The van der Waals surface area contributed by atoms with Gasteiger partial charge in [0.05, 0.1) is 30.3 Å². The normalized spacial score (nSPS) is 14.5. The molecular weight excluding hydrogens is 306 g/mol. The van der Waals surface area contributed by atoms with E-state index in [0.717, 1.165) is 24.5 Å². The third-order valence-corrected chi connectivity index (χ3v) is 4.48. The molecule has 0 N–H and O–H groups in total. The van der Waals surface area contributed by atoms with Crippen LogP contribution < -0.4 is 0 Å². The van der Waals surface area contributed by atoms with Crippen LogP contribution in [-0.2, 0) is 19.5 Å². The molecule has 1 amide bonds. The molecule has 0 aliphatic carbocycles. The van der Waals surface area contributed by atoms with Crippen LogP contribution >= 0.6 is 0 Å². The summed E-state index contributed by atoms with van der Waals surface area (Å²) in [6.45, 7) is 4.59. The lowest BCUT2D eigenvalue weighted by atomic mass is 10.2. The highest BCUT2D eigenvalue weighted by Crippen LogP contribution is 2.17. The first-order chi connectivity index (χ1) is 11.7. The van der Waals surface area contributed by atoms with Crippen molar-refractivity contribution in [2.45, 2.75) is 26.4 Å². The minimum Gasteiger partial charge on any atom is -0.469 e. The zero-order chi connectivity index (χ0) is 16.5. The molecule has 1 aliphatic heterocycles. The first kappa shape index (κ1) is 14.7. The zero-order valence-electron chi connectivity index (χ0n) is 13.6. The smallest absolute Gasteiger partial charge is 0.257 e. The molecule has 3 aromatic heterocycles. The zero-order valence-corrected chi connectivity index (χ0v) is 13.6. The average molecular weight is 325 g/mol. The van der Waals surface area contributed by atoms with E-state index in [4.69, 9.17) is 4.42 Å². The Balaban J connectivity index is 1.51. The van der Waals surface area contributed by atoms with Crippen LogP contribution in [0.5, 0.6) is 0 Å². The number of nitrogens with zero attached hydrogens (tertiary/aromatic N) is 5. The van der Waals surface area contributed by atoms with Gasteiger partial charge in [-0.2, -0.15) is 5.10 Å². The fourth-order valence-corrected chi connectivity index (χ4v) is 3.16. The average Bonchev–Trinajstić information content (AvgIpc) is 3.28. The topological polar surface area (TPSA) is 69.1 Å². The third-order valence-electron chi connectivity index (χ3n) is 4.48. The number of hydrogen-bond donors (Lipinski definition) is 0. The lowest BCUT2D eigenvalue weighted by molar-refractivity contribution is 0.0757. The first-order valence-corrected chi connectivity index (χ1v) is 8.06. The SMILES string of the molecule is Cc1occc1C(=O)N1CCc2ncc(Cn3cccn3)n2CC1. The van der Waals surface area contributed by atoms with Crippen LogP contribution in [0.2, 0.25) is 0 Å². The lowest BCUT2D eigenvalue weighted by Crippen LogP contribution is -2.33. The molecule has 0 fully saturated rings. The Morgan fingerprint density at radius 1 is 1.33 bits per heavy atom. The Labute approximate surface area is 139 Å². The number of fused-ring (bicyclic) bond motifs is 1. The van der Waals surface area contributed by atoms with E-state index in [1.165, 1.54) is 0 Å². The first-order valence-electron chi connectivity index (χ1n) is 8.06. The van der Waals surface area contributed by atoms with Gasteiger partial charge in [-0.3, -0.25) is 9.48 Å². The van der Waals surface area contributed by atoms with Crippen molar-refractivity contribution in [2.75, 3.05) is 13.1 Å². The van der Waals surface area contributed by atoms with Crippen LogP contribution in [0.25, 0.3) is 0 Å². The predicted octanol–water partition coefficient (Wildman–Crippen LogP) is 1.73. The quantitative estimate of drug-likeness (QED) is 0.735. The van der Waals surface area contributed by atoms with Crippen molar-refractivity contribution < 1.29 is 9.21 Å². The summed E-state index contributed by atoms with van der Waals surface area (Å²) >= 11 is 0. The maximum atomic E-state index is 12.7. The molecule has 0 aromatic carbocycles. The molecular formula is C17H19N5O2. The molecule has 7 nitrogen and oxygen atoms in total. The maximum absolute atomic E-state index is 12.7. The molecule has 4 rings (SSSR count). The number of imidazole rings is 1. The molecule has 0 saturated heterocycles.